The Morgan fingerprint density at radius 2 is 1.91 bits per heavy atom. The third-order valence-electron chi connectivity index (χ3n) is 5.14. The van der Waals surface area contributed by atoms with Gasteiger partial charge in [0, 0.05) is 48.1 Å². The molecule has 0 bridgehead atoms. The van der Waals surface area contributed by atoms with Crippen molar-refractivity contribution in [2.24, 2.45) is 5.92 Å². The molecule has 1 fully saturated rings. The lowest BCUT2D eigenvalue weighted by Gasteiger charge is -2.17. The molecule has 4 rings (SSSR count). The number of amides is 3. The Morgan fingerprint density at radius 3 is 2.62 bits per heavy atom. The van der Waals surface area contributed by atoms with Crippen molar-refractivity contribution in [2.45, 2.75) is 19.9 Å². The number of aromatic nitrogens is 1. The highest BCUT2D eigenvalue weighted by atomic mass is 35.5. The van der Waals surface area contributed by atoms with Crippen molar-refractivity contribution < 1.29 is 14.4 Å². The van der Waals surface area contributed by atoms with Crippen LogP contribution >= 0.6 is 22.9 Å². The van der Waals surface area contributed by atoms with Crippen molar-refractivity contribution >= 4 is 51.5 Å². The fourth-order valence-corrected chi connectivity index (χ4v) is 4.45. The molecule has 1 saturated heterocycles. The number of nitrogens with one attached hydrogen (secondary N) is 2. The van der Waals surface area contributed by atoms with Crippen LogP contribution < -0.4 is 10.6 Å². The summed E-state index contributed by atoms with van der Waals surface area (Å²) in [4.78, 5) is 42.4. The highest BCUT2D eigenvalue weighted by molar-refractivity contribution is 7.14. The minimum atomic E-state index is -0.436. The van der Waals surface area contributed by atoms with Gasteiger partial charge in [0.1, 0.15) is 0 Å². The molecule has 1 aromatic heterocycles. The van der Waals surface area contributed by atoms with Crippen molar-refractivity contribution in [1.82, 2.24) is 9.88 Å². The molecule has 2 heterocycles. The number of anilines is 2. The van der Waals surface area contributed by atoms with E-state index in [0.29, 0.717) is 28.9 Å². The van der Waals surface area contributed by atoms with Crippen LogP contribution in [0.15, 0.2) is 53.9 Å². The second kappa shape index (κ2) is 9.50. The molecule has 7 nitrogen and oxygen atoms in total. The Balaban J connectivity index is 1.36. The zero-order valence-electron chi connectivity index (χ0n) is 17.3. The molecule has 32 heavy (non-hydrogen) atoms. The van der Waals surface area contributed by atoms with E-state index in [1.165, 1.54) is 18.3 Å². The third-order valence-corrected chi connectivity index (χ3v) is 6.27. The van der Waals surface area contributed by atoms with E-state index in [0.717, 1.165) is 16.8 Å². The molecule has 0 aliphatic carbocycles. The number of halogens is 1. The number of nitrogens with zero attached hydrogens (tertiary/aromatic N) is 2. The second-order valence-corrected chi connectivity index (χ2v) is 8.82. The average Bonchev–Trinajstić information content (AvgIpc) is 3.37. The molecule has 1 aliphatic rings. The van der Waals surface area contributed by atoms with Crippen LogP contribution in [0.4, 0.5) is 10.8 Å². The summed E-state index contributed by atoms with van der Waals surface area (Å²) in [5.41, 5.74) is 3.16. The van der Waals surface area contributed by atoms with Crippen molar-refractivity contribution in [3.63, 3.8) is 0 Å². The van der Waals surface area contributed by atoms with Crippen LogP contribution in [0, 0.1) is 5.92 Å². The monoisotopic (exact) mass is 468 g/mol. The van der Waals surface area contributed by atoms with Gasteiger partial charge in [-0.3, -0.25) is 14.4 Å². The smallest absolute Gasteiger partial charge is 0.231 e. The minimum Gasteiger partial charge on any atom is -0.337 e. The zero-order chi connectivity index (χ0) is 22.7. The Bertz CT molecular complexity index is 1160. The zero-order valence-corrected chi connectivity index (χ0v) is 18.9. The van der Waals surface area contributed by atoms with Gasteiger partial charge in [-0.1, -0.05) is 41.9 Å². The van der Waals surface area contributed by atoms with Gasteiger partial charge in [-0.25, -0.2) is 4.98 Å². The molecule has 1 atom stereocenters. The van der Waals surface area contributed by atoms with Crippen LogP contribution in [-0.2, 0) is 20.9 Å². The fraction of sp³-hybridized carbons (Fsp3) is 0.217. The number of carbonyl (C=O) groups is 3. The maximum atomic E-state index is 12.7. The number of benzene rings is 2. The summed E-state index contributed by atoms with van der Waals surface area (Å²) in [6.45, 7) is 2.19. The Hall–Kier alpha value is -3.23. The van der Waals surface area contributed by atoms with Crippen LogP contribution in [0.5, 0.6) is 0 Å². The maximum absolute atomic E-state index is 12.7. The first kappa shape index (κ1) is 22.0. The molecular weight excluding hydrogens is 448 g/mol. The number of thiazole rings is 1. The molecule has 1 aliphatic heterocycles. The standard InChI is InChI=1S/C23H21ClN4O3S/c1-14(29)25-18-8-6-15(7-9-18)20-13-32-23(26-20)27-22(31)17-10-21(30)28(12-17)11-16-4-2-3-5-19(16)24/h2-9,13,17H,10-12H2,1H3,(H,25,29)(H,26,27,31). The van der Waals surface area contributed by atoms with Crippen molar-refractivity contribution in [3.8, 4) is 11.3 Å². The molecule has 2 aromatic carbocycles. The van der Waals surface area contributed by atoms with Crippen molar-refractivity contribution in [2.75, 3.05) is 17.2 Å². The Kier molecular flexibility index (Phi) is 6.53. The largest absolute Gasteiger partial charge is 0.337 e. The number of likely N-dealkylation sites (tertiary alicyclic amines) is 1. The number of hydrogen-bond acceptors (Lipinski definition) is 5. The first-order valence-electron chi connectivity index (χ1n) is 10.0. The van der Waals surface area contributed by atoms with E-state index >= 15 is 0 Å². The Labute approximate surface area is 194 Å². The molecule has 3 aromatic rings. The molecule has 2 N–H and O–H groups in total. The maximum Gasteiger partial charge on any atom is 0.231 e. The Morgan fingerprint density at radius 1 is 1.16 bits per heavy atom. The topological polar surface area (TPSA) is 91.4 Å². The molecule has 0 radical (unpaired) electrons. The lowest BCUT2D eigenvalue weighted by molar-refractivity contribution is -0.128. The lowest BCUT2D eigenvalue weighted by atomic mass is 10.1. The van der Waals surface area contributed by atoms with Gasteiger partial charge >= 0.3 is 0 Å². The van der Waals surface area contributed by atoms with Crippen molar-refractivity contribution in [3.05, 3.63) is 64.5 Å². The van der Waals surface area contributed by atoms with Crippen LogP contribution in [0.25, 0.3) is 11.3 Å². The van der Waals surface area contributed by atoms with Gasteiger partial charge in [0.25, 0.3) is 0 Å². The van der Waals surface area contributed by atoms with Gasteiger partial charge in [0.05, 0.1) is 11.6 Å². The molecule has 164 valence electrons. The molecular formula is C23H21ClN4O3S. The predicted octanol–water partition coefficient (Wildman–Crippen LogP) is 4.41. The van der Waals surface area contributed by atoms with E-state index in [-0.39, 0.29) is 24.1 Å². The number of rotatable bonds is 6. The number of carbonyl (C=O) groups excluding carboxylic acids is 3. The third kappa shape index (κ3) is 5.15. The highest BCUT2D eigenvalue weighted by Gasteiger charge is 2.34. The van der Waals surface area contributed by atoms with Gasteiger partial charge < -0.3 is 15.5 Å². The van der Waals surface area contributed by atoms with Crippen molar-refractivity contribution in [1.29, 1.82) is 0 Å². The summed E-state index contributed by atoms with van der Waals surface area (Å²) < 4.78 is 0. The average molecular weight is 469 g/mol. The van der Waals surface area contributed by atoms with E-state index in [1.807, 2.05) is 35.7 Å². The molecule has 0 spiro atoms. The summed E-state index contributed by atoms with van der Waals surface area (Å²) in [5, 5.41) is 8.49. The van der Waals surface area contributed by atoms with Gasteiger partial charge in [-0.15, -0.1) is 11.3 Å². The molecule has 3 amide bonds. The highest BCUT2D eigenvalue weighted by Crippen LogP contribution is 2.28. The van der Waals surface area contributed by atoms with Gasteiger partial charge in [0.2, 0.25) is 17.7 Å². The van der Waals surface area contributed by atoms with E-state index in [4.69, 9.17) is 11.6 Å². The van der Waals surface area contributed by atoms with Crippen LogP contribution in [-0.4, -0.2) is 34.2 Å². The van der Waals surface area contributed by atoms with Crippen LogP contribution in [0.3, 0.4) is 0 Å². The summed E-state index contributed by atoms with van der Waals surface area (Å²) >= 11 is 7.52. The molecule has 9 heteroatoms. The van der Waals surface area contributed by atoms with E-state index in [2.05, 4.69) is 15.6 Å². The van der Waals surface area contributed by atoms with Gasteiger partial charge in [0.15, 0.2) is 5.13 Å². The SMILES string of the molecule is CC(=O)Nc1ccc(-c2csc(NC(=O)C3CC(=O)N(Cc4ccccc4Cl)C3)n2)cc1. The summed E-state index contributed by atoms with van der Waals surface area (Å²) in [6.07, 6.45) is 0.166. The van der Waals surface area contributed by atoms with Gasteiger partial charge in [-0.2, -0.15) is 0 Å². The summed E-state index contributed by atoms with van der Waals surface area (Å²) in [7, 11) is 0. The van der Waals surface area contributed by atoms with E-state index < -0.39 is 5.92 Å². The first-order chi connectivity index (χ1) is 15.4. The molecule has 0 saturated carbocycles. The quantitative estimate of drug-likeness (QED) is 0.560. The predicted molar refractivity (Wildman–Crippen MR) is 125 cm³/mol. The first-order valence-corrected chi connectivity index (χ1v) is 11.3. The summed E-state index contributed by atoms with van der Waals surface area (Å²) in [6, 6.07) is 14.7. The normalized spacial score (nSPS) is 15.6. The van der Waals surface area contributed by atoms with E-state index in [1.54, 1.807) is 23.1 Å². The summed E-state index contributed by atoms with van der Waals surface area (Å²) in [5.74, 6) is -0.854. The fourth-order valence-electron chi connectivity index (χ4n) is 3.53. The van der Waals surface area contributed by atoms with Crippen LogP contribution in [0.2, 0.25) is 5.02 Å². The molecule has 1 unspecified atom stereocenters. The van der Waals surface area contributed by atoms with Crippen LogP contribution in [0.1, 0.15) is 18.9 Å². The lowest BCUT2D eigenvalue weighted by Crippen LogP contribution is -2.28. The minimum absolute atomic E-state index is 0.0656. The van der Waals surface area contributed by atoms with E-state index in [9.17, 15) is 14.4 Å². The van der Waals surface area contributed by atoms with Gasteiger partial charge in [-0.05, 0) is 23.8 Å². The second-order valence-electron chi connectivity index (χ2n) is 7.55. The number of hydrogen-bond donors (Lipinski definition) is 2.